The summed E-state index contributed by atoms with van der Waals surface area (Å²) in [6.45, 7) is 3.61. The van der Waals surface area contributed by atoms with Crippen LogP contribution >= 0.6 is 0 Å². The maximum absolute atomic E-state index is 5.99. The Bertz CT molecular complexity index is 236. The zero-order valence-corrected chi connectivity index (χ0v) is 11.7. The minimum absolute atomic E-state index is 0.469. The van der Waals surface area contributed by atoms with Gasteiger partial charge in [0, 0.05) is 24.2 Å². The van der Waals surface area contributed by atoms with Crippen LogP contribution in [0.25, 0.3) is 0 Å². The summed E-state index contributed by atoms with van der Waals surface area (Å²) in [5.41, 5.74) is 5.99. The quantitative estimate of drug-likeness (QED) is 0.795. The maximum Gasteiger partial charge on any atom is 0.0122 e. The van der Waals surface area contributed by atoms with Crippen molar-refractivity contribution in [1.29, 1.82) is 0 Å². The molecular weight excluding hydrogens is 210 g/mol. The highest BCUT2D eigenvalue weighted by Crippen LogP contribution is 2.27. The van der Waals surface area contributed by atoms with Crippen LogP contribution in [-0.4, -0.2) is 54.6 Å². The molecular formula is C14H29N3. The average molecular weight is 239 g/mol. The Morgan fingerprint density at radius 2 is 1.71 bits per heavy atom. The van der Waals surface area contributed by atoms with Gasteiger partial charge in [-0.05, 0) is 66.1 Å². The highest BCUT2D eigenvalue weighted by atomic mass is 15.2. The summed E-state index contributed by atoms with van der Waals surface area (Å²) in [6, 6.07) is 2.79. The molecule has 2 fully saturated rings. The average Bonchev–Trinajstić information content (AvgIpc) is 2.33. The van der Waals surface area contributed by atoms with Gasteiger partial charge < -0.3 is 15.5 Å². The van der Waals surface area contributed by atoms with Crippen LogP contribution in [0.5, 0.6) is 0 Å². The molecule has 100 valence electrons. The van der Waals surface area contributed by atoms with Gasteiger partial charge in [-0.15, -0.1) is 0 Å². The summed E-state index contributed by atoms with van der Waals surface area (Å²) < 4.78 is 0. The van der Waals surface area contributed by atoms with E-state index in [0.29, 0.717) is 6.04 Å². The molecule has 0 aromatic carbocycles. The van der Waals surface area contributed by atoms with Crippen molar-refractivity contribution in [2.24, 2.45) is 5.73 Å². The highest BCUT2D eigenvalue weighted by Gasteiger charge is 2.30. The molecule has 1 aliphatic carbocycles. The molecule has 0 spiro atoms. The van der Waals surface area contributed by atoms with E-state index in [-0.39, 0.29) is 0 Å². The lowest BCUT2D eigenvalue weighted by Crippen LogP contribution is -2.50. The van der Waals surface area contributed by atoms with Crippen molar-refractivity contribution < 1.29 is 0 Å². The Hall–Kier alpha value is -0.120. The van der Waals surface area contributed by atoms with Gasteiger partial charge in [0.15, 0.2) is 0 Å². The predicted octanol–water partition coefficient (Wildman–Crippen LogP) is 1.67. The second kappa shape index (κ2) is 5.68. The molecule has 0 aromatic heterocycles. The summed E-state index contributed by atoms with van der Waals surface area (Å²) in [7, 11) is 4.59. The molecule has 2 unspecified atom stereocenters. The van der Waals surface area contributed by atoms with E-state index in [1.54, 1.807) is 0 Å². The van der Waals surface area contributed by atoms with E-state index in [2.05, 4.69) is 30.8 Å². The van der Waals surface area contributed by atoms with Crippen LogP contribution in [0.1, 0.15) is 45.4 Å². The van der Waals surface area contributed by atoms with Crippen LogP contribution in [0, 0.1) is 0 Å². The standard InChI is InChI=1S/C14H29N3/c1-11-10-14(8-9-16(11)2)17(3)13-6-4-12(15)5-7-13/h11-14H,4-10,15H2,1-3H3. The monoisotopic (exact) mass is 239 g/mol. The second-order valence-electron chi connectivity index (χ2n) is 6.24. The third kappa shape index (κ3) is 3.21. The molecule has 1 heterocycles. The van der Waals surface area contributed by atoms with Crippen LogP contribution in [0.2, 0.25) is 0 Å². The fourth-order valence-electron chi connectivity index (χ4n) is 3.44. The summed E-state index contributed by atoms with van der Waals surface area (Å²) in [5, 5.41) is 0. The number of likely N-dealkylation sites (tertiary alicyclic amines) is 1. The van der Waals surface area contributed by atoms with Gasteiger partial charge in [0.25, 0.3) is 0 Å². The Labute approximate surface area is 106 Å². The van der Waals surface area contributed by atoms with Crippen molar-refractivity contribution in [2.75, 3.05) is 20.6 Å². The smallest absolute Gasteiger partial charge is 0.0122 e. The van der Waals surface area contributed by atoms with E-state index < -0.39 is 0 Å². The van der Waals surface area contributed by atoms with E-state index >= 15 is 0 Å². The molecule has 0 aromatic rings. The SMILES string of the molecule is CC1CC(N(C)C2CCC(N)CC2)CCN1C. The lowest BCUT2D eigenvalue weighted by atomic mass is 9.88. The van der Waals surface area contributed by atoms with Gasteiger partial charge in [0.2, 0.25) is 0 Å². The number of hydrogen-bond donors (Lipinski definition) is 1. The van der Waals surface area contributed by atoms with Crippen molar-refractivity contribution in [3.8, 4) is 0 Å². The van der Waals surface area contributed by atoms with Gasteiger partial charge in [-0.3, -0.25) is 0 Å². The van der Waals surface area contributed by atoms with Crippen LogP contribution in [0.3, 0.4) is 0 Å². The zero-order chi connectivity index (χ0) is 12.4. The zero-order valence-electron chi connectivity index (χ0n) is 11.7. The van der Waals surface area contributed by atoms with E-state index in [0.717, 1.165) is 18.1 Å². The minimum Gasteiger partial charge on any atom is -0.328 e. The van der Waals surface area contributed by atoms with Crippen molar-refractivity contribution >= 4 is 0 Å². The molecule has 3 nitrogen and oxygen atoms in total. The number of nitrogens with two attached hydrogens (primary N) is 1. The molecule has 1 saturated heterocycles. The molecule has 1 aliphatic heterocycles. The summed E-state index contributed by atoms with van der Waals surface area (Å²) in [6.07, 6.45) is 7.71. The number of piperidine rings is 1. The van der Waals surface area contributed by atoms with Crippen molar-refractivity contribution in [1.82, 2.24) is 9.80 Å². The fraction of sp³-hybridized carbons (Fsp3) is 1.00. The molecule has 0 amide bonds. The lowest BCUT2D eigenvalue weighted by molar-refractivity contribution is 0.0625. The van der Waals surface area contributed by atoms with Gasteiger partial charge in [-0.1, -0.05) is 0 Å². The fourth-order valence-corrected chi connectivity index (χ4v) is 3.44. The lowest BCUT2D eigenvalue weighted by Gasteiger charge is -2.44. The molecule has 2 rings (SSSR count). The van der Waals surface area contributed by atoms with Crippen molar-refractivity contribution in [2.45, 2.75) is 69.6 Å². The van der Waals surface area contributed by atoms with Gasteiger partial charge in [-0.25, -0.2) is 0 Å². The first kappa shape index (κ1) is 13.3. The third-order valence-corrected chi connectivity index (χ3v) is 5.07. The molecule has 2 atom stereocenters. The van der Waals surface area contributed by atoms with Crippen LogP contribution in [0.4, 0.5) is 0 Å². The molecule has 2 aliphatic rings. The summed E-state index contributed by atoms with van der Waals surface area (Å²) in [5.74, 6) is 0. The van der Waals surface area contributed by atoms with Crippen molar-refractivity contribution in [3.63, 3.8) is 0 Å². The van der Waals surface area contributed by atoms with Gasteiger partial charge in [-0.2, -0.15) is 0 Å². The first-order chi connectivity index (χ1) is 8.08. The first-order valence-corrected chi connectivity index (χ1v) is 7.25. The number of hydrogen-bond acceptors (Lipinski definition) is 3. The predicted molar refractivity (Wildman–Crippen MR) is 73.1 cm³/mol. The Balaban J connectivity index is 1.85. The van der Waals surface area contributed by atoms with Gasteiger partial charge in [0.05, 0.1) is 0 Å². The van der Waals surface area contributed by atoms with E-state index in [9.17, 15) is 0 Å². The topological polar surface area (TPSA) is 32.5 Å². The van der Waals surface area contributed by atoms with Crippen LogP contribution in [0.15, 0.2) is 0 Å². The molecule has 17 heavy (non-hydrogen) atoms. The Morgan fingerprint density at radius 3 is 2.29 bits per heavy atom. The Kier molecular flexibility index (Phi) is 4.45. The molecule has 3 heteroatoms. The van der Waals surface area contributed by atoms with E-state index in [1.165, 1.54) is 45.1 Å². The van der Waals surface area contributed by atoms with E-state index in [1.807, 2.05) is 0 Å². The molecule has 1 saturated carbocycles. The molecule has 0 bridgehead atoms. The van der Waals surface area contributed by atoms with E-state index in [4.69, 9.17) is 5.73 Å². The van der Waals surface area contributed by atoms with Gasteiger partial charge in [0.1, 0.15) is 0 Å². The third-order valence-electron chi connectivity index (χ3n) is 5.07. The number of rotatable bonds is 2. The van der Waals surface area contributed by atoms with Crippen LogP contribution < -0.4 is 5.73 Å². The van der Waals surface area contributed by atoms with Gasteiger partial charge >= 0.3 is 0 Å². The molecule has 0 radical (unpaired) electrons. The van der Waals surface area contributed by atoms with Crippen LogP contribution in [-0.2, 0) is 0 Å². The summed E-state index contributed by atoms with van der Waals surface area (Å²) >= 11 is 0. The Morgan fingerprint density at radius 1 is 1.06 bits per heavy atom. The first-order valence-electron chi connectivity index (χ1n) is 7.25. The summed E-state index contributed by atoms with van der Waals surface area (Å²) in [4.78, 5) is 5.15. The largest absolute Gasteiger partial charge is 0.328 e. The minimum atomic E-state index is 0.469. The second-order valence-corrected chi connectivity index (χ2v) is 6.24. The molecule has 2 N–H and O–H groups in total. The highest BCUT2D eigenvalue weighted by molar-refractivity contribution is 4.87. The van der Waals surface area contributed by atoms with Crippen molar-refractivity contribution in [3.05, 3.63) is 0 Å². The maximum atomic E-state index is 5.99. The normalized spacial score (nSPS) is 40.8. The number of nitrogens with zero attached hydrogens (tertiary/aromatic N) is 2.